The Balaban J connectivity index is 2.07. The highest BCUT2D eigenvalue weighted by molar-refractivity contribution is 5.91. The zero-order valence-corrected chi connectivity index (χ0v) is 12.5. The van der Waals surface area contributed by atoms with E-state index in [0.717, 1.165) is 18.4 Å². The normalized spacial score (nSPS) is 12.1. The van der Waals surface area contributed by atoms with Crippen LogP contribution >= 0.6 is 0 Å². The number of hydrogen-bond donors (Lipinski definition) is 1. The maximum Gasteiger partial charge on any atom is 0.287 e. The molecule has 0 spiro atoms. The summed E-state index contributed by atoms with van der Waals surface area (Å²) >= 11 is 0. The largest absolute Gasteiger partial charge is 0.453 e. The molecule has 0 saturated carbocycles. The molecule has 112 valence electrons. The summed E-state index contributed by atoms with van der Waals surface area (Å²) in [6.45, 7) is 2.47. The molecule has 0 aliphatic heterocycles. The average Bonchev–Trinajstić information content (AvgIpc) is 2.97. The maximum atomic E-state index is 12.3. The van der Waals surface area contributed by atoms with Crippen molar-refractivity contribution in [2.24, 2.45) is 0 Å². The molecular formula is C17H21NO3. The van der Waals surface area contributed by atoms with Crippen LogP contribution in [0.25, 0.3) is 0 Å². The molecule has 0 aliphatic rings. The molecule has 21 heavy (non-hydrogen) atoms. The van der Waals surface area contributed by atoms with Crippen molar-refractivity contribution >= 4 is 5.91 Å². The minimum absolute atomic E-state index is 0.000301. The smallest absolute Gasteiger partial charge is 0.287 e. The van der Waals surface area contributed by atoms with E-state index in [0.29, 0.717) is 18.1 Å². The molecular weight excluding hydrogens is 266 g/mol. The van der Waals surface area contributed by atoms with Gasteiger partial charge in [0.05, 0.1) is 6.04 Å². The van der Waals surface area contributed by atoms with E-state index in [1.165, 1.54) is 0 Å². The van der Waals surface area contributed by atoms with Crippen LogP contribution in [0.5, 0.6) is 0 Å². The number of furan rings is 1. The molecule has 0 saturated heterocycles. The van der Waals surface area contributed by atoms with Crippen LogP contribution in [0, 0.1) is 0 Å². The van der Waals surface area contributed by atoms with Crippen LogP contribution in [0.3, 0.4) is 0 Å². The Labute approximate surface area is 125 Å². The second kappa shape index (κ2) is 7.64. The fourth-order valence-corrected chi connectivity index (χ4v) is 2.25. The molecule has 0 fully saturated rings. The van der Waals surface area contributed by atoms with Gasteiger partial charge in [-0.3, -0.25) is 4.79 Å². The molecule has 1 aromatic carbocycles. The topological polar surface area (TPSA) is 51.5 Å². The fraction of sp³-hybridized carbons (Fsp3) is 0.353. The monoisotopic (exact) mass is 287 g/mol. The van der Waals surface area contributed by atoms with E-state index in [-0.39, 0.29) is 11.9 Å². The van der Waals surface area contributed by atoms with Crippen molar-refractivity contribution in [1.29, 1.82) is 0 Å². The Kier molecular flexibility index (Phi) is 5.58. The second-order valence-electron chi connectivity index (χ2n) is 4.92. The molecule has 1 amide bonds. The first kappa shape index (κ1) is 15.3. The summed E-state index contributed by atoms with van der Waals surface area (Å²) in [6, 6.07) is 13.4. The number of benzene rings is 1. The third kappa shape index (κ3) is 4.20. The van der Waals surface area contributed by atoms with Crippen LogP contribution in [0.4, 0.5) is 0 Å². The lowest BCUT2D eigenvalue weighted by atomic mass is 10.0. The minimum atomic E-state index is -0.195. The van der Waals surface area contributed by atoms with Crippen LogP contribution in [0.1, 0.15) is 47.7 Å². The van der Waals surface area contributed by atoms with Gasteiger partial charge in [0.1, 0.15) is 12.4 Å². The molecule has 0 bridgehead atoms. The van der Waals surface area contributed by atoms with Crippen molar-refractivity contribution in [2.75, 3.05) is 7.11 Å². The summed E-state index contributed by atoms with van der Waals surface area (Å²) in [4.78, 5) is 12.3. The minimum Gasteiger partial charge on any atom is -0.453 e. The molecule has 4 nitrogen and oxygen atoms in total. The zero-order chi connectivity index (χ0) is 15.1. The van der Waals surface area contributed by atoms with Gasteiger partial charge >= 0.3 is 0 Å². The van der Waals surface area contributed by atoms with Crippen molar-refractivity contribution < 1.29 is 13.9 Å². The second-order valence-corrected chi connectivity index (χ2v) is 4.92. The third-order valence-corrected chi connectivity index (χ3v) is 3.26. The molecule has 1 atom stereocenters. The summed E-state index contributed by atoms with van der Waals surface area (Å²) in [5, 5.41) is 3.03. The number of carbonyl (C=O) groups excluding carboxylic acids is 1. The van der Waals surface area contributed by atoms with Crippen molar-refractivity contribution in [3.8, 4) is 0 Å². The van der Waals surface area contributed by atoms with Gasteiger partial charge in [0.25, 0.3) is 5.91 Å². The van der Waals surface area contributed by atoms with Gasteiger partial charge in [-0.25, -0.2) is 0 Å². The number of hydrogen-bond acceptors (Lipinski definition) is 3. The average molecular weight is 287 g/mol. The van der Waals surface area contributed by atoms with Crippen LogP contribution in [-0.2, 0) is 11.3 Å². The van der Waals surface area contributed by atoms with E-state index >= 15 is 0 Å². The van der Waals surface area contributed by atoms with E-state index in [1.54, 1.807) is 19.2 Å². The Morgan fingerprint density at radius 3 is 2.67 bits per heavy atom. The third-order valence-electron chi connectivity index (χ3n) is 3.26. The first-order valence-corrected chi connectivity index (χ1v) is 7.18. The summed E-state index contributed by atoms with van der Waals surface area (Å²) in [7, 11) is 1.59. The first-order valence-electron chi connectivity index (χ1n) is 7.18. The lowest BCUT2D eigenvalue weighted by Gasteiger charge is -2.17. The van der Waals surface area contributed by atoms with Gasteiger partial charge < -0.3 is 14.5 Å². The van der Waals surface area contributed by atoms with Gasteiger partial charge in [-0.15, -0.1) is 0 Å². The standard InChI is InChI=1S/C17H21NO3/c1-3-7-15(13-8-5-4-6-9-13)18-17(19)16-11-10-14(21-16)12-20-2/h4-6,8-11,15H,3,7,12H2,1-2H3,(H,18,19). The molecule has 2 aromatic rings. The van der Waals surface area contributed by atoms with Gasteiger partial charge in [0, 0.05) is 7.11 Å². The predicted molar refractivity (Wildman–Crippen MR) is 81.0 cm³/mol. The lowest BCUT2D eigenvalue weighted by molar-refractivity contribution is 0.0897. The van der Waals surface area contributed by atoms with Crippen molar-refractivity contribution in [1.82, 2.24) is 5.32 Å². The molecule has 4 heteroatoms. The Hall–Kier alpha value is -2.07. The highest BCUT2D eigenvalue weighted by Crippen LogP contribution is 2.19. The summed E-state index contributed by atoms with van der Waals surface area (Å²) in [5.41, 5.74) is 1.11. The van der Waals surface area contributed by atoms with E-state index in [1.807, 2.05) is 30.3 Å². The predicted octanol–water partition coefficient (Wildman–Crippen LogP) is 3.70. The van der Waals surface area contributed by atoms with Crippen molar-refractivity contribution in [3.05, 3.63) is 59.5 Å². The molecule has 0 radical (unpaired) electrons. The van der Waals surface area contributed by atoms with E-state index < -0.39 is 0 Å². The van der Waals surface area contributed by atoms with E-state index in [2.05, 4.69) is 12.2 Å². The van der Waals surface area contributed by atoms with Gasteiger partial charge in [-0.1, -0.05) is 43.7 Å². The molecule has 2 rings (SSSR count). The lowest BCUT2D eigenvalue weighted by Crippen LogP contribution is -2.28. The molecule has 0 aliphatic carbocycles. The quantitative estimate of drug-likeness (QED) is 0.844. The van der Waals surface area contributed by atoms with Gasteiger partial charge in [-0.05, 0) is 24.1 Å². The van der Waals surface area contributed by atoms with E-state index in [4.69, 9.17) is 9.15 Å². The number of carbonyl (C=O) groups is 1. The maximum absolute atomic E-state index is 12.3. The van der Waals surface area contributed by atoms with Crippen LogP contribution in [0.2, 0.25) is 0 Å². The highest BCUT2D eigenvalue weighted by atomic mass is 16.5. The van der Waals surface area contributed by atoms with Crippen LogP contribution in [-0.4, -0.2) is 13.0 Å². The fourth-order valence-electron chi connectivity index (χ4n) is 2.25. The van der Waals surface area contributed by atoms with Crippen molar-refractivity contribution in [2.45, 2.75) is 32.4 Å². The highest BCUT2D eigenvalue weighted by Gasteiger charge is 2.17. The first-order chi connectivity index (χ1) is 10.2. The summed E-state index contributed by atoms with van der Waals surface area (Å²) in [6.07, 6.45) is 1.88. The Bertz CT molecular complexity index is 562. The van der Waals surface area contributed by atoms with Gasteiger partial charge in [0.15, 0.2) is 5.76 Å². The Morgan fingerprint density at radius 1 is 1.24 bits per heavy atom. The molecule has 1 unspecified atom stereocenters. The molecule has 1 heterocycles. The SMILES string of the molecule is CCCC(NC(=O)c1ccc(COC)o1)c1ccccc1. The van der Waals surface area contributed by atoms with Gasteiger partial charge in [-0.2, -0.15) is 0 Å². The molecule has 1 aromatic heterocycles. The number of rotatable bonds is 7. The number of methoxy groups -OCH3 is 1. The van der Waals surface area contributed by atoms with Gasteiger partial charge in [0.2, 0.25) is 0 Å². The molecule has 1 N–H and O–H groups in total. The van der Waals surface area contributed by atoms with Crippen LogP contribution < -0.4 is 5.32 Å². The number of ether oxygens (including phenoxy) is 1. The number of nitrogens with one attached hydrogen (secondary N) is 1. The van der Waals surface area contributed by atoms with E-state index in [9.17, 15) is 4.79 Å². The summed E-state index contributed by atoms with van der Waals surface area (Å²) in [5.74, 6) is 0.771. The van der Waals surface area contributed by atoms with Crippen molar-refractivity contribution in [3.63, 3.8) is 0 Å². The number of amides is 1. The zero-order valence-electron chi connectivity index (χ0n) is 12.5. The summed E-state index contributed by atoms with van der Waals surface area (Å²) < 4.78 is 10.4. The Morgan fingerprint density at radius 2 is 2.00 bits per heavy atom. The van der Waals surface area contributed by atoms with Crippen LogP contribution in [0.15, 0.2) is 46.9 Å².